The molecule has 0 bridgehead atoms. The highest BCUT2D eigenvalue weighted by Crippen LogP contribution is 2.25. The van der Waals surface area contributed by atoms with Gasteiger partial charge in [0, 0.05) is 45.8 Å². The van der Waals surface area contributed by atoms with E-state index in [4.69, 9.17) is 9.73 Å². The van der Waals surface area contributed by atoms with Crippen molar-refractivity contribution in [2.75, 3.05) is 60.0 Å². The number of halogens is 1. The number of guanidine groups is 1. The lowest BCUT2D eigenvalue weighted by Gasteiger charge is -2.36. The smallest absolute Gasteiger partial charge is 0.194 e. The zero-order valence-corrected chi connectivity index (χ0v) is 21.6. The van der Waals surface area contributed by atoms with Crippen molar-refractivity contribution in [3.8, 4) is 0 Å². The highest BCUT2D eigenvalue weighted by Gasteiger charge is 2.41. The lowest BCUT2D eigenvalue weighted by molar-refractivity contribution is -0.0502. The van der Waals surface area contributed by atoms with E-state index in [9.17, 15) is 0 Å². The number of hydrogen-bond donors (Lipinski definition) is 1. The van der Waals surface area contributed by atoms with E-state index >= 15 is 0 Å². The van der Waals surface area contributed by atoms with E-state index in [-0.39, 0.29) is 35.5 Å². The minimum Gasteiger partial charge on any atom is -0.373 e. The van der Waals surface area contributed by atoms with Gasteiger partial charge in [-0.25, -0.2) is 0 Å². The maximum Gasteiger partial charge on any atom is 0.194 e. The molecule has 6 nitrogen and oxygen atoms in total. The van der Waals surface area contributed by atoms with Gasteiger partial charge in [0.25, 0.3) is 0 Å². The summed E-state index contributed by atoms with van der Waals surface area (Å²) in [5.74, 6) is 1.02. The Morgan fingerprint density at radius 3 is 2.63 bits per heavy atom. The van der Waals surface area contributed by atoms with Crippen molar-refractivity contribution in [3.05, 3.63) is 35.9 Å². The number of likely N-dealkylation sites (tertiary alicyclic amines) is 1. The highest BCUT2D eigenvalue weighted by atomic mass is 127. The molecule has 170 valence electrons. The largest absolute Gasteiger partial charge is 0.373 e. The molecule has 1 aromatic carbocycles. The second-order valence-electron chi connectivity index (χ2n) is 9.41. The van der Waals surface area contributed by atoms with Crippen molar-refractivity contribution in [1.82, 2.24) is 20.0 Å². The first-order valence-corrected chi connectivity index (χ1v) is 11.0. The molecule has 2 unspecified atom stereocenters. The summed E-state index contributed by atoms with van der Waals surface area (Å²) in [6.07, 6.45) is 0.256. The predicted octanol–water partition coefficient (Wildman–Crippen LogP) is 2.74. The third-order valence-electron chi connectivity index (χ3n) is 5.68. The van der Waals surface area contributed by atoms with Gasteiger partial charge in [0.1, 0.15) is 0 Å². The number of rotatable bonds is 7. The lowest BCUT2D eigenvalue weighted by Crippen LogP contribution is -2.50. The van der Waals surface area contributed by atoms with E-state index in [1.807, 2.05) is 0 Å². The molecule has 3 rings (SSSR count). The minimum atomic E-state index is 0. The van der Waals surface area contributed by atoms with Crippen LogP contribution < -0.4 is 5.32 Å². The number of aliphatic imine (C=N–C) groups is 1. The molecule has 0 aromatic heterocycles. The molecule has 2 heterocycles. The van der Waals surface area contributed by atoms with Crippen LogP contribution in [0, 0.1) is 5.41 Å². The van der Waals surface area contributed by atoms with Crippen molar-refractivity contribution >= 4 is 29.9 Å². The number of nitrogens with one attached hydrogen (secondary N) is 1. The van der Waals surface area contributed by atoms with Gasteiger partial charge < -0.3 is 19.9 Å². The van der Waals surface area contributed by atoms with Crippen LogP contribution in [0.15, 0.2) is 35.3 Å². The van der Waals surface area contributed by atoms with Crippen LogP contribution in [0.2, 0.25) is 0 Å². The minimum absolute atomic E-state index is 0. The number of ether oxygens (including phenoxy) is 1. The zero-order valence-electron chi connectivity index (χ0n) is 19.3. The Balaban J connectivity index is 0.00000320. The number of benzene rings is 1. The van der Waals surface area contributed by atoms with Gasteiger partial charge in [0.2, 0.25) is 0 Å². The van der Waals surface area contributed by atoms with Crippen LogP contribution in [0.25, 0.3) is 0 Å². The lowest BCUT2D eigenvalue weighted by atomic mass is 9.93. The Hall–Kier alpha value is -0.900. The molecular weight excluding hydrogens is 489 g/mol. The topological polar surface area (TPSA) is 43.3 Å². The van der Waals surface area contributed by atoms with Crippen LogP contribution >= 0.6 is 24.0 Å². The van der Waals surface area contributed by atoms with E-state index in [0.717, 1.165) is 58.4 Å². The molecule has 1 N–H and O–H groups in total. The van der Waals surface area contributed by atoms with E-state index in [2.05, 4.69) is 85.2 Å². The summed E-state index contributed by atoms with van der Waals surface area (Å²) in [4.78, 5) is 12.2. The van der Waals surface area contributed by atoms with Crippen molar-refractivity contribution in [1.29, 1.82) is 0 Å². The van der Waals surface area contributed by atoms with Crippen molar-refractivity contribution in [2.45, 2.75) is 39.5 Å². The van der Waals surface area contributed by atoms with E-state index in [0.29, 0.717) is 6.04 Å². The molecule has 2 aliphatic heterocycles. The first kappa shape index (κ1) is 25.4. The molecule has 1 aromatic rings. The predicted molar refractivity (Wildman–Crippen MR) is 136 cm³/mol. The Kier molecular flexibility index (Phi) is 9.84. The fourth-order valence-corrected chi connectivity index (χ4v) is 4.57. The van der Waals surface area contributed by atoms with Crippen LogP contribution in [-0.2, 0) is 11.3 Å². The number of nitrogens with zero attached hydrogens (tertiary/aromatic N) is 4. The third kappa shape index (κ3) is 7.07. The summed E-state index contributed by atoms with van der Waals surface area (Å²) in [6, 6.07) is 11.2. The van der Waals surface area contributed by atoms with Gasteiger partial charge >= 0.3 is 0 Å². The van der Waals surface area contributed by atoms with Crippen molar-refractivity contribution < 1.29 is 4.74 Å². The van der Waals surface area contributed by atoms with Crippen LogP contribution in [0.4, 0.5) is 0 Å². The van der Waals surface area contributed by atoms with Gasteiger partial charge in [-0.3, -0.25) is 9.89 Å². The third-order valence-corrected chi connectivity index (χ3v) is 5.68. The fraction of sp³-hybridized carbons (Fsp3) is 0.696. The number of fused-ring (bicyclic) bond motifs is 1. The van der Waals surface area contributed by atoms with Crippen LogP contribution in [0.5, 0.6) is 0 Å². The van der Waals surface area contributed by atoms with Crippen LogP contribution in [-0.4, -0.2) is 92.8 Å². The van der Waals surface area contributed by atoms with Gasteiger partial charge in [-0.05, 0) is 32.0 Å². The maximum atomic E-state index is 6.15. The van der Waals surface area contributed by atoms with Crippen molar-refractivity contribution in [3.63, 3.8) is 0 Å². The monoisotopic (exact) mass is 529 g/mol. The van der Waals surface area contributed by atoms with Gasteiger partial charge in [0.05, 0.1) is 18.8 Å². The van der Waals surface area contributed by atoms with Crippen LogP contribution in [0.3, 0.4) is 0 Å². The number of hydrogen-bond acceptors (Lipinski definition) is 4. The average Bonchev–Trinajstić information content (AvgIpc) is 3.10. The molecule has 30 heavy (non-hydrogen) atoms. The summed E-state index contributed by atoms with van der Waals surface area (Å²) in [7, 11) is 4.25. The molecule has 2 saturated heterocycles. The van der Waals surface area contributed by atoms with Gasteiger partial charge in [0.15, 0.2) is 5.96 Å². The second-order valence-corrected chi connectivity index (χ2v) is 9.41. The molecule has 2 fully saturated rings. The van der Waals surface area contributed by atoms with E-state index < -0.39 is 0 Å². The molecule has 0 spiro atoms. The van der Waals surface area contributed by atoms with Gasteiger partial charge in [-0.1, -0.05) is 44.2 Å². The van der Waals surface area contributed by atoms with Gasteiger partial charge in [-0.2, -0.15) is 0 Å². The summed E-state index contributed by atoms with van der Waals surface area (Å²) >= 11 is 0. The normalized spacial score (nSPS) is 22.7. The second kappa shape index (κ2) is 11.6. The van der Waals surface area contributed by atoms with E-state index in [1.165, 1.54) is 5.56 Å². The summed E-state index contributed by atoms with van der Waals surface area (Å²) in [5.41, 5.74) is 1.52. The first-order chi connectivity index (χ1) is 13.9. The Labute approximate surface area is 200 Å². The molecule has 7 heteroatoms. The molecular formula is C23H40IN5O. The Bertz CT molecular complexity index is 667. The summed E-state index contributed by atoms with van der Waals surface area (Å²) in [5, 5.41) is 3.51. The molecule has 0 amide bonds. The molecule has 0 saturated carbocycles. The van der Waals surface area contributed by atoms with E-state index in [1.54, 1.807) is 0 Å². The quantitative estimate of drug-likeness (QED) is 0.335. The highest BCUT2D eigenvalue weighted by molar-refractivity contribution is 14.0. The summed E-state index contributed by atoms with van der Waals surface area (Å²) in [6.45, 7) is 14.1. The zero-order chi connectivity index (χ0) is 20.9. The average molecular weight is 530 g/mol. The first-order valence-electron chi connectivity index (χ1n) is 11.0. The molecule has 0 aliphatic carbocycles. The molecule has 2 atom stereocenters. The maximum absolute atomic E-state index is 6.15. The SMILES string of the molecule is CCNC(=NCC(C)(C)CN(C)C)N1CC2OCCN(Cc3ccccc3)C2C1.I. The molecule has 2 aliphatic rings. The Morgan fingerprint density at radius 1 is 1.23 bits per heavy atom. The standard InChI is InChI=1S/C23H39N5O.HI/c1-6-24-22(25-17-23(2,3)18-26(4)5)28-15-20-21(16-28)29-13-12-27(20)14-19-10-8-7-9-11-19;/h7-11,20-21H,6,12-18H2,1-5H3,(H,24,25);1H. The van der Waals surface area contributed by atoms with Gasteiger partial charge in [-0.15, -0.1) is 24.0 Å². The van der Waals surface area contributed by atoms with Crippen LogP contribution in [0.1, 0.15) is 26.3 Å². The van der Waals surface area contributed by atoms with Crippen molar-refractivity contribution in [2.24, 2.45) is 10.4 Å². The number of morpholine rings is 1. The fourth-order valence-electron chi connectivity index (χ4n) is 4.57. The summed E-state index contributed by atoms with van der Waals surface area (Å²) < 4.78 is 6.15. The molecule has 0 radical (unpaired) electrons. The Morgan fingerprint density at radius 2 is 1.97 bits per heavy atom.